The number of carbonyl (C=O) groups is 2. The van der Waals surface area contributed by atoms with E-state index in [1.54, 1.807) is 30.0 Å². The van der Waals surface area contributed by atoms with Gasteiger partial charge in [0.05, 0.1) is 5.02 Å². The minimum Gasteiger partial charge on any atom is -0.482 e. The molecule has 2 amide bonds. The summed E-state index contributed by atoms with van der Waals surface area (Å²) in [6.07, 6.45) is 4.23. The van der Waals surface area contributed by atoms with Crippen molar-refractivity contribution in [3.05, 3.63) is 64.1 Å². The molecule has 2 aromatic carbocycles. The zero-order valence-electron chi connectivity index (χ0n) is 16.9. The Balaban J connectivity index is 1.70. The summed E-state index contributed by atoms with van der Waals surface area (Å²) in [4.78, 5) is 27.4. The molecule has 0 spiro atoms. The number of halogens is 2. The minimum atomic E-state index is -0.623. The number of nitrogens with one attached hydrogen (secondary N) is 1. The third-order valence-corrected chi connectivity index (χ3v) is 5.84. The summed E-state index contributed by atoms with van der Waals surface area (Å²) in [5, 5.41) is 3.90. The highest BCUT2D eigenvalue weighted by molar-refractivity contribution is 6.35. The molecule has 7 heteroatoms. The molecule has 0 radical (unpaired) electrons. The monoisotopic (exact) mass is 448 g/mol. The van der Waals surface area contributed by atoms with Crippen molar-refractivity contribution in [2.75, 3.05) is 6.61 Å². The third kappa shape index (κ3) is 6.13. The molecule has 5 nitrogen and oxygen atoms in total. The van der Waals surface area contributed by atoms with Crippen LogP contribution in [0.5, 0.6) is 5.75 Å². The number of hydrogen-bond donors (Lipinski definition) is 1. The summed E-state index contributed by atoms with van der Waals surface area (Å²) in [6.45, 7) is 1.84. The second kappa shape index (κ2) is 10.7. The predicted molar refractivity (Wildman–Crippen MR) is 119 cm³/mol. The van der Waals surface area contributed by atoms with E-state index in [1.165, 1.54) is 0 Å². The van der Waals surface area contributed by atoms with Gasteiger partial charge in [0, 0.05) is 17.6 Å². The first kappa shape index (κ1) is 22.4. The number of carbonyl (C=O) groups excluding carboxylic acids is 2. The Kier molecular flexibility index (Phi) is 8.00. The van der Waals surface area contributed by atoms with Gasteiger partial charge in [-0.25, -0.2) is 0 Å². The molecule has 160 valence electrons. The van der Waals surface area contributed by atoms with Crippen molar-refractivity contribution in [2.24, 2.45) is 0 Å². The SMILES string of the molecule is CC(C(=O)NC1CCCC1)N(Cc1ccccc1)C(=O)COc1ccc(Cl)cc1Cl. The summed E-state index contributed by atoms with van der Waals surface area (Å²) in [7, 11) is 0. The summed E-state index contributed by atoms with van der Waals surface area (Å²) >= 11 is 12.0. The number of nitrogens with zero attached hydrogens (tertiary/aromatic N) is 1. The lowest BCUT2D eigenvalue weighted by Crippen LogP contribution is -2.50. The van der Waals surface area contributed by atoms with Crippen molar-refractivity contribution in [3.8, 4) is 5.75 Å². The molecule has 0 aliphatic heterocycles. The molecule has 1 saturated carbocycles. The Morgan fingerprint density at radius 2 is 1.83 bits per heavy atom. The third-order valence-electron chi connectivity index (χ3n) is 5.31. The van der Waals surface area contributed by atoms with E-state index in [0.717, 1.165) is 31.2 Å². The van der Waals surface area contributed by atoms with Gasteiger partial charge in [-0.2, -0.15) is 0 Å². The Morgan fingerprint density at radius 3 is 2.50 bits per heavy atom. The highest BCUT2D eigenvalue weighted by Gasteiger charge is 2.28. The first-order chi connectivity index (χ1) is 14.4. The van der Waals surface area contributed by atoms with E-state index in [1.807, 2.05) is 30.3 Å². The van der Waals surface area contributed by atoms with Crippen molar-refractivity contribution in [1.82, 2.24) is 10.2 Å². The molecule has 3 rings (SSSR count). The molecule has 0 saturated heterocycles. The second-order valence-electron chi connectivity index (χ2n) is 7.54. The maximum atomic E-state index is 13.0. The van der Waals surface area contributed by atoms with Gasteiger partial charge in [-0.1, -0.05) is 66.4 Å². The largest absolute Gasteiger partial charge is 0.482 e. The average molecular weight is 449 g/mol. The molecule has 2 aromatic rings. The predicted octanol–water partition coefficient (Wildman–Crippen LogP) is 4.85. The fourth-order valence-corrected chi connectivity index (χ4v) is 4.03. The molecule has 1 fully saturated rings. The van der Waals surface area contributed by atoms with Crippen LogP contribution < -0.4 is 10.1 Å². The Labute approximate surface area is 187 Å². The second-order valence-corrected chi connectivity index (χ2v) is 8.38. The van der Waals surface area contributed by atoms with Crippen LogP contribution in [0.1, 0.15) is 38.2 Å². The lowest BCUT2D eigenvalue weighted by atomic mass is 10.1. The van der Waals surface area contributed by atoms with Crippen molar-refractivity contribution >= 4 is 35.0 Å². The van der Waals surface area contributed by atoms with E-state index < -0.39 is 6.04 Å². The maximum absolute atomic E-state index is 13.0. The highest BCUT2D eigenvalue weighted by Crippen LogP contribution is 2.27. The van der Waals surface area contributed by atoms with E-state index >= 15 is 0 Å². The number of rotatable bonds is 8. The van der Waals surface area contributed by atoms with Gasteiger partial charge in [-0.15, -0.1) is 0 Å². The van der Waals surface area contributed by atoms with Crippen molar-refractivity contribution in [3.63, 3.8) is 0 Å². The topological polar surface area (TPSA) is 58.6 Å². The van der Waals surface area contributed by atoms with E-state index in [4.69, 9.17) is 27.9 Å². The molecule has 1 unspecified atom stereocenters. The fourth-order valence-electron chi connectivity index (χ4n) is 3.57. The number of amides is 2. The Hall–Kier alpha value is -2.24. The number of ether oxygens (including phenoxy) is 1. The standard InChI is InChI=1S/C23H26Cl2N2O3/c1-16(23(29)26-19-9-5-6-10-19)27(14-17-7-3-2-4-8-17)22(28)15-30-21-12-11-18(24)13-20(21)25/h2-4,7-8,11-13,16,19H,5-6,9-10,14-15H2,1H3,(H,26,29). The van der Waals surface area contributed by atoms with E-state index in [0.29, 0.717) is 22.3 Å². The van der Waals surface area contributed by atoms with Gasteiger partial charge >= 0.3 is 0 Å². The summed E-state index contributed by atoms with van der Waals surface area (Å²) in [5.74, 6) is -0.0632. The molecule has 1 aliphatic carbocycles. The smallest absolute Gasteiger partial charge is 0.261 e. The van der Waals surface area contributed by atoms with Crippen LogP contribution >= 0.6 is 23.2 Å². The minimum absolute atomic E-state index is 0.143. The van der Waals surface area contributed by atoms with Crippen LogP contribution in [0.4, 0.5) is 0 Å². The highest BCUT2D eigenvalue weighted by atomic mass is 35.5. The summed E-state index contributed by atoms with van der Waals surface area (Å²) < 4.78 is 5.62. The van der Waals surface area contributed by atoms with Crippen LogP contribution in [-0.4, -0.2) is 35.4 Å². The average Bonchev–Trinajstić information content (AvgIpc) is 3.24. The molecule has 0 aromatic heterocycles. The molecule has 1 N–H and O–H groups in total. The normalized spacial score (nSPS) is 14.9. The molecule has 1 aliphatic rings. The molecule has 0 heterocycles. The van der Waals surface area contributed by atoms with Crippen LogP contribution in [0.15, 0.2) is 48.5 Å². The zero-order chi connectivity index (χ0) is 21.5. The van der Waals surface area contributed by atoms with Gasteiger partial charge in [0.2, 0.25) is 5.91 Å². The van der Waals surface area contributed by atoms with Gasteiger partial charge in [-0.3, -0.25) is 9.59 Å². The Bertz CT molecular complexity index is 870. The number of benzene rings is 2. The van der Waals surface area contributed by atoms with E-state index in [-0.39, 0.29) is 24.5 Å². The van der Waals surface area contributed by atoms with Crippen LogP contribution in [0.3, 0.4) is 0 Å². The fraction of sp³-hybridized carbons (Fsp3) is 0.391. The molecule has 1 atom stereocenters. The van der Waals surface area contributed by atoms with Crippen molar-refractivity contribution < 1.29 is 14.3 Å². The number of hydrogen-bond acceptors (Lipinski definition) is 3. The molecule has 0 bridgehead atoms. The van der Waals surface area contributed by atoms with Crippen LogP contribution in [0, 0.1) is 0 Å². The summed E-state index contributed by atoms with van der Waals surface area (Å²) in [6, 6.07) is 14.0. The van der Waals surface area contributed by atoms with Gasteiger partial charge in [0.1, 0.15) is 11.8 Å². The maximum Gasteiger partial charge on any atom is 0.261 e. The first-order valence-electron chi connectivity index (χ1n) is 10.2. The van der Waals surface area contributed by atoms with Crippen LogP contribution in [-0.2, 0) is 16.1 Å². The zero-order valence-corrected chi connectivity index (χ0v) is 18.5. The molecular weight excluding hydrogens is 423 g/mol. The Morgan fingerprint density at radius 1 is 1.13 bits per heavy atom. The lowest BCUT2D eigenvalue weighted by molar-refractivity contribution is -0.142. The van der Waals surface area contributed by atoms with Gasteiger partial charge in [-0.05, 0) is 43.5 Å². The van der Waals surface area contributed by atoms with Gasteiger partial charge < -0.3 is 15.0 Å². The van der Waals surface area contributed by atoms with E-state index in [2.05, 4.69) is 5.32 Å². The summed E-state index contributed by atoms with van der Waals surface area (Å²) in [5.41, 5.74) is 0.941. The quantitative estimate of drug-likeness (QED) is 0.627. The van der Waals surface area contributed by atoms with Gasteiger partial charge in [0.25, 0.3) is 5.91 Å². The van der Waals surface area contributed by atoms with Gasteiger partial charge in [0.15, 0.2) is 6.61 Å². The van der Waals surface area contributed by atoms with E-state index in [9.17, 15) is 9.59 Å². The molecular formula is C23H26Cl2N2O3. The van der Waals surface area contributed by atoms with Crippen molar-refractivity contribution in [2.45, 2.75) is 51.2 Å². The lowest BCUT2D eigenvalue weighted by Gasteiger charge is -2.29. The van der Waals surface area contributed by atoms with Crippen LogP contribution in [0.25, 0.3) is 0 Å². The first-order valence-corrected chi connectivity index (χ1v) is 10.9. The molecule has 30 heavy (non-hydrogen) atoms. The van der Waals surface area contributed by atoms with Crippen molar-refractivity contribution in [1.29, 1.82) is 0 Å². The van der Waals surface area contributed by atoms with Crippen LogP contribution in [0.2, 0.25) is 10.0 Å².